The molecule has 102 valence electrons. The van der Waals surface area contributed by atoms with Crippen LogP contribution in [0.25, 0.3) is 0 Å². The molecule has 1 aromatic heterocycles. The van der Waals surface area contributed by atoms with Crippen molar-refractivity contribution in [3.8, 4) is 0 Å². The van der Waals surface area contributed by atoms with Crippen molar-refractivity contribution in [2.45, 2.75) is 44.6 Å². The molecule has 0 aliphatic carbocycles. The first kappa shape index (κ1) is 14.9. The first-order chi connectivity index (χ1) is 8.24. The molecule has 0 fully saturated rings. The van der Waals surface area contributed by atoms with Gasteiger partial charge in [-0.25, -0.2) is 18.1 Å². The molecular weight excluding hydrogens is 250 g/mol. The lowest BCUT2D eigenvalue weighted by Gasteiger charge is -2.20. The molecule has 0 aliphatic rings. The Kier molecular flexibility index (Phi) is 4.70. The van der Waals surface area contributed by atoms with Gasteiger partial charge in [0.2, 0.25) is 10.0 Å². The Balaban J connectivity index is 2.95. The minimum Gasteiger partial charge on any atom is -0.370 e. The lowest BCUT2D eigenvalue weighted by Crippen LogP contribution is -2.40. The van der Waals surface area contributed by atoms with Gasteiger partial charge in [-0.3, -0.25) is 0 Å². The molecule has 0 amide bonds. The summed E-state index contributed by atoms with van der Waals surface area (Å²) in [7, 11) is -3.50. The smallest absolute Gasteiger partial charge is 0.241 e. The average Bonchev–Trinajstić information content (AvgIpc) is 2.23. The van der Waals surface area contributed by atoms with E-state index >= 15 is 0 Å². The van der Waals surface area contributed by atoms with E-state index in [1.165, 1.54) is 12.3 Å². The molecule has 0 unspecified atom stereocenters. The van der Waals surface area contributed by atoms with Crippen molar-refractivity contribution in [3.63, 3.8) is 0 Å². The molecule has 0 spiro atoms. The van der Waals surface area contributed by atoms with Crippen LogP contribution in [-0.2, 0) is 10.0 Å². The van der Waals surface area contributed by atoms with Gasteiger partial charge in [0.15, 0.2) is 0 Å². The summed E-state index contributed by atoms with van der Waals surface area (Å²) in [6.07, 6.45) is 2.45. The number of nitrogens with one attached hydrogen (secondary N) is 2. The maximum absolute atomic E-state index is 12.1. The second-order valence-electron chi connectivity index (χ2n) is 5.16. The molecule has 0 saturated heterocycles. The van der Waals surface area contributed by atoms with E-state index < -0.39 is 15.6 Å². The quantitative estimate of drug-likeness (QED) is 0.859. The van der Waals surface area contributed by atoms with Gasteiger partial charge in [-0.05, 0) is 33.3 Å². The predicted octanol–water partition coefficient (Wildman–Crippen LogP) is 1.98. The first-order valence-corrected chi connectivity index (χ1v) is 7.47. The maximum atomic E-state index is 12.1. The Morgan fingerprint density at radius 2 is 2.00 bits per heavy atom. The first-order valence-electron chi connectivity index (χ1n) is 5.98. The van der Waals surface area contributed by atoms with Crippen LogP contribution < -0.4 is 10.0 Å². The van der Waals surface area contributed by atoms with Crippen LogP contribution in [0.4, 0.5) is 5.82 Å². The Hall–Kier alpha value is -1.14. The van der Waals surface area contributed by atoms with Gasteiger partial charge in [0.25, 0.3) is 0 Å². The van der Waals surface area contributed by atoms with Gasteiger partial charge in [0, 0.05) is 24.3 Å². The predicted molar refractivity (Wildman–Crippen MR) is 73.1 cm³/mol. The second-order valence-corrected chi connectivity index (χ2v) is 6.84. The van der Waals surface area contributed by atoms with Crippen LogP contribution in [0.3, 0.4) is 0 Å². The molecule has 1 aromatic rings. The van der Waals surface area contributed by atoms with E-state index in [0.717, 1.165) is 13.0 Å². The topological polar surface area (TPSA) is 71.1 Å². The summed E-state index contributed by atoms with van der Waals surface area (Å²) in [4.78, 5) is 4.31. The third kappa shape index (κ3) is 4.62. The van der Waals surface area contributed by atoms with E-state index in [0.29, 0.717) is 5.82 Å². The van der Waals surface area contributed by atoms with Crippen molar-refractivity contribution in [1.82, 2.24) is 9.71 Å². The largest absolute Gasteiger partial charge is 0.370 e. The fourth-order valence-electron chi connectivity index (χ4n) is 1.39. The van der Waals surface area contributed by atoms with Crippen molar-refractivity contribution < 1.29 is 8.42 Å². The van der Waals surface area contributed by atoms with E-state index in [1.807, 2.05) is 27.7 Å². The van der Waals surface area contributed by atoms with Crippen LogP contribution in [0.5, 0.6) is 0 Å². The monoisotopic (exact) mass is 271 g/mol. The van der Waals surface area contributed by atoms with Crippen molar-refractivity contribution in [2.24, 2.45) is 0 Å². The number of hydrogen-bond acceptors (Lipinski definition) is 4. The van der Waals surface area contributed by atoms with Crippen molar-refractivity contribution in [3.05, 3.63) is 18.3 Å². The molecule has 0 radical (unpaired) electrons. The zero-order chi connectivity index (χ0) is 13.8. The molecule has 0 aromatic carbocycles. The summed E-state index contributed by atoms with van der Waals surface area (Å²) in [6, 6.07) is 3.04. The molecular formula is C12H21N3O2S. The van der Waals surface area contributed by atoms with Crippen molar-refractivity contribution in [2.75, 3.05) is 11.9 Å². The van der Waals surface area contributed by atoms with E-state index in [9.17, 15) is 8.42 Å². The molecule has 2 N–H and O–H groups in total. The normalized spacial score (nSPS) is 12.4. The Morgan fingerprint density at radius 3 is 2.56 bits per heavy atom. The fourth-order valence-corrected chi connectivity index (χ4v) is 2.82. The Morgan fingerprint density at radius 1 is 1.33 bits per heavy atom. The standard InChI is InChI=1S/C12H21N3O2S/c1-5-7-13-11-9-10(6-8-14-11)18(16,17)15-12(2,3)4/h6,8-9,15H,5,7H2,1-4H3,(H,13,14). The van der Waals surface area contributed by atoms with E-state index in [2.05, 4.69) is 15.0 Å². The van der Waals surface area contributed by atoms with Crippen LogP contribution in [0.1, 0.15) is 34.1 Å². The molecule has 0 aliphatic heterocycles. The van der Waals surface area contributed by atoms with Gasteiger partial charge in [-0.2, -0.15) is 0 Å². The minimum absolute atomic E-state index is 0.228. The SMILES string of the molecule is CCCNc1cc(S(=O)(=O)NC(C)(C)C)ccn1. The summed E-state index contributed by atoms with van der Waals surface area (Å²) in [5.74, 6) is 0.577. The lowest BCUT2D eigenvalue weighted by molar-refractivity contribution is 0.491. The van der Waals surface area contributed by atoms with E-state index in [-0.39, 0.29) is 4.90 Å². The Labute approximate surface area is 109 Å². The van der Waals surface area contributed by atoms with Gasteiger partial charge in [0.05, 0.1) is 4.90 Å². The van der Waals surface area contributed by atoms with Crippen LogP contribution in [0.15, 0.2) is 23.2 Å². The summed E-state index contributed by atoms with van der Waals surface area (Å²) in [6.45, 7) is 8.23. The minimum atomic E-state index is -3.50. The maximum Gasteiger partial charge on any atom is 0.241 e. The highest BCUT2D eigenvalue weighted by Crippen LogP contribution is 2.15. The fraction of sp³-hybridized carbons (Fsp3) is 0.583. The van der Waals surface area contributed by atoms with Gasteiger partial charge < -0.3 is 5.32 Å². The van der Waals surface area contributed by atoms with Gasteiger partial charge in [0.1, 0.15) is 5.82 Å². The highest BCUT2D eigenvalue weighted by Gasteiger charge is 2.22. The van der Waals surface area contributed by atoms with Crippen LogP contribution in [0.2, 0.25) is 0 Å². The third-order valence-corrected chi connectivity index (χ3v) is 3.79. The number of pyridine rings is 1. The second kappa shape index (κ2) is 5.67. The zero-order valence-corrected chi connectivity index (χ0v) is 12.1. The highest BCUT2D eigenvalue weighted by molar-refractivity contribution is 7.89. The number of hydrogen-bond donors (Lipinski definition) is 2. The number of sulfonamides is 1. The number of nitrogens with zero attached hydrogens (tertiary/aromatic N) is 1. The molecule has 1 rings (SSSR count). The highest BCUT2D eigenvalue weighted by atomic mass is 32.2. The average molecular weight is 271 g/mol. The zero-order valence-electron chi connectivity index (χ0n) is 11.3. The summed E-state index contributed by atoms with van der Waals surface area (Å²) < 4.78 is 26.8. The summed E-state index contributed by atoms with van der Waals surface area (Å²) in [5.41, 5.74) is -0.501. The molecule has 18 heavy (non-hydrogen) atoms. The van der Waals surface area contributed by atoms with Gasteiger partial charge in [-0.1, -0.05) is 6.92 Å². The third-order valence-electron chi connectivity index (χ3n) is 2.04. The molecule has 1 heterocycles. The number of aromatic nitrogens is 1. The molecule has 0 bridgehead atoms. The summed E-state index contributed by atoms with van der Waals surface area (Å²) in [5, 5.41) is 3.07. The van der Waals surface area contributed by atoms with Crippen LogP contribution >= 0.6 is 0 Å². The summed E-state index contributed by atoms with van der Waals surface area (Å²) >= 11 is 0. The molecule has 5 nitrogen and oxygen atoms in total. The van der Waals surface area contributed by atoms with Crippen LogP contribution in [-0.4, -0.2) is 25.5 Å². The van der Waals surface area contributed by atoms with E-state index in [4.69, 9.17) is 0 Å². The lowest BCUT2D eigenvalue weighted by atomic mass is 10.1. The van der Waals surface area contributed by atoms with E-state index in [1.54, 1.807) is 6.07 Å². The number of rotatable bonds is 5. The van der Waals surface area contributed by atoms with Gasteiger partial charge in [-0.15, -0.1) is 0 Å². The van der Waals surface area contributed by atoms with Crippen molar-refractivity contribution >= 4 is 15.8 Å². The Bertz CT molecular complexity index is 492. The molecule has 6 heteroatoms. The molecule has 0 saturated carbocycles. The van der Waals surface area contributed by atoms with Crippen molar-refractivity contribution in [1.29, 1.82) is 0 Å². The van der Waals surface area contributed by atoms with Crippen LogP contribution in [0, 0.1) is 0 Å². The van der Waals surface area contributed by atoms with Gasteiger partial charge >= 0.3 is 0 Å². The molecule has 0 atom stereocenters. The number of anilines is 1.